The fraction of sp³-hybridized carbons (Fsp3) is 0.462. The number of hydrogen-bond donors (Lipinski definition) is 2. The quantitative estimate of drug-likeness (QED) is 0.824. The van der Waals surface area contributed by atoms with E-state index in [1.165, 1.54) is 6.07 Å². The Kier molecular flexibility index (Phi) is 3.60. The van der Waals surface area contributed by atoms with Gasteiger partial charge in [-0.25, -0.2) is 4.39 Å². The van der Waals surface area contributed by atoms with E-state index < -0.39 is 5.82 Å². The molecule has 2 atom stereocenters. The molecule has 1 saturated carbocycles. The smallest absolute Gasteiger partial charge is 0.143 e. The molecule has 0 aliphatic heterocycles. The van der Waals surface area contributed by atoms with Crippen molar-refractivity contribution in [3.63, 3.8) is 0 Å². The van der Waals surface area contributed by atoms with E-state index in [1.54, 1.807) is 12.1 Å². The molecule has 1 aromatic carbocycles. The molecule has 2 unspecified atom stereocenters. The van der Waals surface area contributed by atoms with Crippen LogP contribution >= 0.6 is 0 Å². The second-order valence-electron chi connectivity index (χ2n) is 4.47. The van der Waals surface area contributed by atoms with Crippen molar-refractivity contribution < 1.29 is 4.39 Å². The summed E-state index contributed by atoms with van der Waals surface area (Å²) in [7, 11) is 0. The van der Waals surface area contributed by atoms with Crippen LogP contribution in [0.1, 0.15) is 31.2 Å². The van der Waals surface area contributed by atoms with Crippen LogP contribution in [0.3, 0.4) is 0 Å². The predicted octanol–water partition coefficient (Wildman–Crippen LogP) is 2.38. The Balaban J connectivity index is 2.18. The van der Waals surface area contributed by atoms with E-state index in [1.807, 2.05) is 6.07 Å². The maximum atomic E-state index is 13.4. The number of nitriles is 1. The molecule has 1 aliphatic carbocycles. The molecule has 17 heavy (non-hydrogen) atoms. The van der Waals surface area contributed by atoms with Crippen LogP contribution < -0.4 is 11.1 Å². The number of benzene rings is 1. The average molecular weight is 233 g/mol. The Morgan fingerprint density at radius 1 is 1.35 bits per heavy atom. The predicted molar refractivity (Wildman–Crippen MR) is 65.0 cm³/mol. The van der Waals surface area contributed by atoms with Crippen LogP contribution in [0, 0.1) is 17.1 Å². The third-order valence-electron chi connectivity index (χ3n) is 3.29. The number of nitrogens with one attached hydrogen (secondary N) is 1. The summed E-state index contributed by atoms with van der Waals surface area (Å²) < 4.78 is 13.4. The van der Waals surface area contributed by atoms with Crippen molar-refractivity contribution >= 4 is 5.69 Å². The number of nitrogens with zero attached hydrogens (tertiary/aromatic N) is 1. The average Bonchev–Trinajstić information content (AvgIpc) is 2.32. The van der Waals surface area contributed by atoms with Crippen LogP contribution in [0.25, 0.3) is 0 Å². The number of hydrogen-bond acceptors (Lipinski definition) is 3. The summed E-state index contributed by atoms with van der Waals surface area (Å²) in [4.78, 5) is 0. The lowest BCUT2D eigenvalue weighted by Gasteiger charge is -2.30. The van der Waals surface area contributed by atoms with Crippen LogP contribution in [0.5, 0.6) is 0 Å². The summed E-state index contributed by atoms with van der Waals surface area (Å²) >= 11 is 0. The molecule has 0 amide bonds. The van der Waals surface area contributed by atoms with Crippen molar-refractivity contribution in [2.24, 2.45) is 5.73 Å². The van der Waals surface area contributed by atoms with Crippen molar-refractivity contribution in [2.45, 2.75) is 37.8 Å². The van der Waals surface area contributed by atoms with E-state index >= 15 is 0 Å². The van der Waals surface area contributed by atoms with E-state index in [-0.39, 0.29) is 17.6 Å². The van der Waals surface area contributed by atoms with Gasteiger partial charge in [0.2, 0.25) is 0 Å². The van der Waals surface area contributed by atoms with Crippen LogP contribution in [0.2, 0.25) is 0 Å². The van der Waals surface area contributed by atoms with Crippen molar-refractivity contribution in [3.05, 3.63) is 29.6 Å². The Bertz CT molecular complexity index is 439. The molecule has 0 bridgehead atoms. The second kappa shape index (κ2) is 5.15. The molecule has 0 saturated heterocycles. The van der Waals surface area contributed by atoms with Gasteiger partial charge < -0.3 is 11.1 Å². The Hall–Kier alpha value is -1.60. The Morgan fingerprint density at radius 2 is 2.12 bits per heavy atom. The lowest BCUT2D eigenvalue weighted by molar-refractivity contribution is 0.404. The van der Waals surface area contributed by atoms with Gasteiger partial charge >= 0.3 is 0 Å². The molecule has 2 rings (SSSR count). The minimum Gasteiger partial charge on any atom is -0.380 e. The molecule has 0 heterocycles. The van der Waals surface area contributed by atoms with Crippen molar-refractivity contribution in [1.82, 2.24) is 0 Å². The van der Waals surface area contributed by atoms with Gasteiger partial charge in [-0.1, -0.05) is 18.9 Å². The molecule has 1 aromatic rings. The van der Waals surface area contributed by atoms with Crippen molar-refractivity contribution in [1.29, 1.82) is 5.26 Å². The third kappa shape index (κ3) is 2.56. The molecule has 1 fully saturated rings. The number of nitrogens with two attached hydrogens (primary N) is 1. The zero-order chi connectivity index (χ0) is 12.3. The van der Waals surface area contributed by atoms with E-state index in [4.69, 9.17) is 11.0 Å². The van der Waals surface area contributed by atoms with Crippen LogP contribution in [0.15, 0.2) is 18.2 Å². The second-order valence-corrected chi connectivity index (χ2v) is 4.47. The van der Waals surface area contributed by atoms with Gasteiger partial charge in [0.15, 0.2) is 0 Å². The van der Waals surface area contributed by atoms with Gasteiger partial charge in [0, 0.05) is 12.1 Å². The number of halogens is 1. The zero-order valence-electron chi connectivity index (χ0n) is 9.62. The fourth-order valence-electron chi connectivity index (χ4n) is 2.30. The molecule has 1 aliphatic rings. The summed E-state index contributed by atoms with van der Waals surface area (Å²) in [6.45, 7) is 0. The maximum Gasteiger partial charge on any atom is 0.143 e. The highest BCUT2D eigenvalue weighted by atomic mass is 19.1. The van der Waals surface area contributed by atoms with Gasteiger partial charge in [-0.2, -0.15) is 5.26 Å². The Morgan fingerprint density at radius 3 is 2.82 bits per heavy atom. The normalized spacial score (nSPS) is 24.1. The lowest BCUT2D eigenvalue weighted by atomic mass is 9.90. The molecule has 0 aromatic heterocycles. The molecular weight excluding hydrogens is 217 g/mol. The molecular formula is C13H16FN3. The van der Waals surface area contributed by atoms with Crippen molar-refractivity contribution in [3.8, 4) is 6.07 Å². The summed E-state index contributed by atoms with van der Waals surface area (Å²) in [5, 5.41) is 12.1. The first-order valence-electron chi connectivity index (χ1n) is 5.93. The van der Waals surface area contributed by atoms with Gasteiger partial charge in [0.25, 0.3) is 0 Å². The SMILES string of the molecule is N#Cc1c(F)cccc1NC1CCCCC1N. The summed E-state index contributed by atoms with van der Waals surface area (Å²) in [6, 6.07) is 6.73. The van der Waals surface area contributed by atoms with Gasteiger partial charge in [0.05, 0.1) is 5.69 Å². The van der Waals surface area contributed by atoms with E-state index in [9.17, 15) is 4.39 Å². The largest absolute Gasteiger partial charge is 0.380 e. The van der Waals surface area contributed by atoms with Crippen molar-refractivity contribution in [2.75, 3.05) is 5.32 Å². The van der Waals surface area contributed by atoms with E-state index in [0.29, 0.717) is 5.69 Å². The summed E-state index contributed by atoms with van der Waals surface area (Å²) in [5.41, 5.74) is 6.64. The molecule has 90 valence electrons. The molecule has 4 heteroatoms. The Labute approximate surface area is 100 Å². The maximum absolute atomic E-state index is 13.4. The topological polar surface area (TPSA) is 61.8 Å². The highest BCUT2D eigenvalue weighted by Crippen LogP contribution is 2.24. The summed E-state index contributed by atoms with van der Waals surface area (Å²) in [5.74, 6) is -0.484. The minimum absolute atomic E-state index is 0.0743. The molecule has 3 nitrogen and oxygen atoms in total. The number of anilines is 1. The van der Waals surface area contributed by atoms with Crippen LogP contribution in [-0.4, -0.2) is 12.1 Å². The molecule has 3 N–H and O–H groups in total. The van der Waals surface area contributed by atoms with Gasteiger partial charge in [0.1, 0.15) is 17.4 Å². The third-order valence-corrected chi connectivity index (χ3v) is 3.29. The van der Waals surface area contributed by atoms with Gasteiger partial charge in [-0.15, -0.1) is 0 Å². The number of rotatable bonds is 2. The lowest BCUT2D eigenvalue weighted by Crippen LogP contribution is -2.42. The zero-order valence-corrected chi connectivity index (χ0v) is 9.62. The fourth-order valence-corrected chi connectivity index (χ4v) is 2.30. The highest BCUT2D eigenvalue weighted by Gasteiger charge is 2.22. The first-order valence-corrected chi connectivity index (χ1v) is 5.93. The summed E-state index contributed by atoms with van der Waals surface area (Å²) in [6.07, 6.45) is 4.23. The first kappa shape index (κ1) is 11.9. The monoisotopic (exact) mass is 233 g/mol. The van der Waals surface area contributed by atoms with Gasteiger partial charge in [-0.3, -0.25) is 0 Å². The molecule has 0 radical (unpaired) electrons. The van der Waals surface area contributed by atoms with Crippen LogP contribution in [-0.2, 0) is 0 Å². The van der Waals surface area contributed by atoms with E-state index in [2.05, 4.69) is 5.32 Å². The van der Waals surface area contributed by atoms with E-state index in [0.717, 1.165) is 25.7 Å². The standard InChI is InChI=1S/C13H16FN3/c14-10-4-3-7-12(9(10)8-15)17-13-6-2-1-5-11(13)16/h3-4,7,11,13,17H,1-2,5-6,16H2. The van der Waals surface area contributed by atoms with Crippen LogP contribution in [0.4, 0.5) is 10.1 Å². The van der Waals surface area contributed by atoms with Gasteiger partial charge in [-0.05, 0) is 25.0 Å². The minimum atomic E-state index is -0.484. The molecule has 0 spiro atoms. The highest BCUT2D eigenvalue weighted by molar-refractivity contribution is 5.58. The first-order chi connectivity index (χ1) is 8.22.